The maximum absolute atomic E-state index is 12.7. The number of carbonyl (C=O) groups excluding carboxylic acids is 1. The topological polar surface area (TPSA) is 69.6 Å². The third-order valence-electron chi connectivity index (χ3n) is 5.27. The van der Waals surface area contributed by atoms with Crippen molar-refractivity contribution >= 4 is 23.5 Å². The number of guanidine groups is 1. The molecule has 1 saturated heterocycles. The Kier molecular flexibility index (Phi) is 6.72. The molecule has 7 heteroatoms. The fourth-order valence-corrected chi connectivity index (χ4v) is 3.88. The standard InChI is InChI=1S/C19H28ClN5O/c1-21-19(23-12-14-7-8-17(20)22-11-14)24-16-9-10-25(13-16)18(26)15-5-3-2-4-6-15/h7-8,11,15-16H,2-6,9-10,12-13H2,1H3,(H2,21,23,24). The number of nitrogens with zero attached hydrogens (tertiary/aromatic N) is 3. The Balaban J connectivity index is 1.45. The van der Waals surface area contributed by atoms with Crippen molar-refractivity contribution in [3.05, 3.63) is 29.0 Å². The fraction of sp³-hybridized carbons (Fsp3) is 0.632. The highest BCUT2D eigenvalue weighted by atomic mass is 35.5. The number of amides is 1. The van der Waals surface area contributed by atoms with Gasteiger partial charge in [0.05, 0.1) is 0 Å². The summed E-state index contributed by atoms with van der Waals surface area (Å²) in [5.41, 5.74) is 1.04. The molecular formula is C19H28ClN5O. The van der Waals surface area contributed by atoms with Gasteiger partial charge in [-0.15, -0.1) is 0 Å². The number of carbonyl (C=O) groups is 1. The van der Waals surface area contributed by atoms with Crippen molar-refractivity contribution in [2.45, 2.75) is 51.1 Å². The highest BCUT2D eigenvalue weighted by Gasteiger charge is 2.31. The second-order valence-electron chi connectivity index (χ2n) is 7.16. The van der Waals surface area contributed by atoms with Crippen LogP contribution in [0.25, 0.3) is 0 Å². The first kappa shape index (κ1) is 19.0. The van der Waals surface area contributed by atoms with Gasteiger partial charge in [-0.05, 0) is 30.9 Å². The van der Waals surface area contributed by atoms with Crippen LogP contribution in [-0.4, -0.2) is 47.9 Å². The fourth-order valence-electron chi connectivity index (χ4n) is 3.77. The third kappa shape index (κ3) is 5.10. The first-order valence-electron chi connectivity index (χ1n) is 9.52. The zero-order valence-corrected chi connectivity index (χ0v) is 16.1. The van der Waals surface area contributed by atoms with E-state index in [2.05, 4.69) is 20.6 Å². The van der Waals surface area contributed by atoms with Crippen molar-refractivity contribution in [2.75, 3.05) is 20.1 Å². The number of halogens is 1. The van der Waals surface area contributed by atoms with Crippen LogP contribution in [-0.2, 0) is 11.3 Å². The van der Waals surface area contributed by atoms with E-state index >= 15 is 0 Å². The molecule has 1 aliphatic heterocycles. The molecule has 6 nitrogen and oxygen atoms in total. The molecule has 142 valence electrons. The largest absolute Gasteiger partial charge is 0.352 e. The molecule has 1 aliphatic carbocycles. The van der Waals surface area contributed by atoms with Crippen molar-refractivity contribution < 1.29 is 4.79 Å². The first-order valence-corrected chi connectivity index (χ1v) is 9.90. The van der Waals surface area contributed by atoms with Gasteiger partial charge in [-0.25, -0.2) is 4.98 Å². The number of aliphatic imine (C=N–C) groups is 1. The normalized spacial score (nSPS) is 21.7. The molecule has 1 saturated carbocycles. The second-order valence-corrected chi connectivity index (χ2v) is 7.55. The number of likely N-dealkylation sites (tertiary alicyclic amines) is 1. The van der Waals surface area contributed by atoms with Crippen molar-refractivity contribution in [3.8, 4) is 0 Å². The molecule has 0 radical (unpaired) electrons. The van der Waals surface area contributed by atoms with Crippen LogP contribution < -0.4 is 10.6 Å². The zero-order chi connectivity index (χ0) is 18.4. The molecule has 2 fully saturated rings. The number of hydrogen-bond acceptors (Lipinski definition) is 3. The van der Waals surface area contributed by atoms with E-state index in [0.717, 1.165) is 43.9 Å². The molecule has 2 heterocycles. The quantitative estimate of drug-likeness (QED) is 0.480. The number of pyridine rings is 1. The van der Waals surface area contributed by atoms with Crippen LogP contribution in [0.1, 0.15) is 44.1 Å². The van der Waals surface area contributed by atoms with Gasteiger partial charge < -0.3 is 15.5 Å². The van der Waals surface area contributed by atoms with Crippen molar-refractivity contribution in [1.29, 1.82) is 0 Å². The summed E-state index contributed by atoms with van der Waals surface area (Å²) in [7, 11) is 1.76. The Morgan fingerprint density at radius 1 is 1.31 bits per heavy atom. The summed E-state index contributed by atoms with van der Waals surface area (Å²) in [5.74, 6) is 1.35. The maximum atomic E-state index is 12.7. The van der Waals surface area contributed by atoms with E-state index in [1.807, 2.05) is 11.0 Å². The molecule has 2 aliphatic rings. The lowest BCUT2D eigenvalue weighted by Gasteiger charge is -2.26. The minimum Gasteiger partial charge on any atom is -0.352 e. The van der Waals surface area contributed by atoms with Crippen LogP contribution in [0.15, 0.2) is 23.3 Å². The summed E-state index contributed by atoms with van der Waals surface area (Å²) < 4.78 is 0. The van der Waals surface area contributed by atoms with E-state index < -0.39 is 0 Å². The first-order chi connectivity index (χ1) is 12.7. The molecule has 3 rings (SSSR count). The summed E-state index contributed by atoms with van der Waals surface area (Å²) >= 11 is 5.81. The van der Waals surface area contributed by atoms with Crippen LogP contribution in [0.2, 0.25) is 5.15 Å². The van der Waals surface area contributed by atoms with Crippen LogP contribution in [0, 0.1) is 5.92 Å². The smallest absolute Gasteiger partial charge is 0.225 e. The minimum atomic E-state index is 0.247. The van der Waals surface area contributed by atoms with Gasteiger partial charge in [0.25, 0.3) is 0 Å². The Morgan fingerprint density at radius 3 is 2.81 bits per heavy atom. The average Bonchev–Trinajstić information content (AvgIpc) is 3.15. The SMILES string of the molecule is CN=C(NCc1ccc(Cl)nc1)NC1CCN(C(=O)C2CCCCC2)C1. The molecule has 1 aromatic rings. The summed E-state index contributed by atoms with van der Waals surface area (Å²) in [4.78, 5) is 23.1. The molecule has 1 unspecified atom stereocenters. The second kappa shape index (κ2) is 9.21. The van der Waals surface area contributed by atoms with E-state index in [0.29, 0.717) is 17.6 Å². The van der Waals surface area contributed by atoms with Gasteiger partial charge in [0.2, 0.25) is 5.91 Å². The molecule has 26 heavy (non-hydrogen) atoms. The molecule has 1 atom stereocenters. The minimum absolute atomic E-state index is 0.247. The Bertz CT molecular complexity index is 627. The van der Waals surface area contributed by atoms with Crippen molar-refractivity contribution in [1.82, 2.24) is 20.5 Å². The molecular weight excluding hydrogens is 350 g/mol. The summed E-state index contributed by atoms with van der Waals surface area (Å²) in [6, 6.07) is 3.97. The molecule has 1 amide bonds. The monoisotopic (exact) mass is 377 g/mol. The van der Waals surface area contributed by atoms with E-state index in [9.17, 15) is 4.79 Å². The predicted molar refractivity (Wildman–Crippen MR) is 104 cm³/mol. The van der Waals surface area contributed by atoms with E-state index in [1.54, 1.807) is 19.3 Å². The summed E-state index contributed by atoms with van der Waals surface area (Å²) in [5, 5.41) is 7.22. The lowest BCUT2D eigenvalue weighted by atomic mass is 9.88. The Hall–Kier alpha value is -1.82. The van der Waals surface area contributed by atoms with Crippen molar-refractivity contribution in [2.24, 2.45) is 10.9 Å². The van der Waals surface area contributed by atoms with Crippen molar-refractivity contribution in [3.63, 3.8) is 0 Å². The van der Waals surface area contributed by atoms with Gasteiger partial charge >= 0.3 is 0 Å². The number of hydrogen-bond donors (Lipinski definition) is 2. The summed E-state index contributed by atoms with van der Waals surface area (Å²) in [6.45, 7) is 2.23. The Morgan fingerprint density at radius 2 is 2.12 bits per heavy atom. The van der Waals surface area contributed by atoms with Gasteiger partial charge in [0.15, 0.2) is 5.96 Å². The predicted octanol–water partition coefficient (Wildman–Crippen LogP) is 2.58. The van der Waals surface area contributed by atoms with Gasteiger partial charge in [-0.1, -0.05) is 36.9 Å². The van der Waals surface area contributed by atoms with E-state index in [1.165, 1.54) is 19.3 Å². The summed E-state index contributed by atoms with van der Waals surface area (Å²) in [6.07, 6.45) is 8.51. The maximum Gasteiger partial charge on any atom is 0.225 e. The van der Waals surface area contributed by atoms with Crippen LogP contribution in [0.3, 0.4) is 0 Å². The highest BCUT2D eigenvalue weighted by Crippen LogP contribution is 2.26. The third-order valence-corrected chi connectivity index (χ3v) is 5.49. The average molecular weight is 378 g/mol. The lowest BCUT2D eigenvalue weighted by molar-refractivity contribution is -0.135. The number of rotatable bonds is 4. The molecule has 1 aromatic heterocycles. The molecule has 2 N–H and O–H groups in total. The van der Waals surface area contributed by atoms with Crippen LogP contribution in [0.5, 0.6) is 0 Å². The van der Waals surface area contributed by atoms with Crippen LogP contribution >= 0.6 is 11.6 Å². The number of nitrogens with one attached hydrogen (secondary N) is 2. The molecule has 0 spiro atoms. The zero-order valence-electron chi connectivity index (χ0n) is 15.4. The molecule has 0 bridgehead atoms. The highest BCUT2D eigenvalue weighted by molar-refractivity contribution is 6.29. The van der Waals surface area contributed by atoms with Gasteiger partial charge in [-0.3, -0.25) is 9.79 Å². The van der Waals surface area contributed by atoms with Crippen LogP contribution in [0.4, 0.5) is 0 Å². The Labute approximate surface area is 160 Å². The lowest BCUT2D eigenvalue weighted by Crippen LogP contribution is -2.45. The van der Waals surface area contributed by atoms with Gasteiger partial charge in [0, 0.05) is 44.8 Å². The molecule has 0 aromatic carbocycles. The van der Waals surface area contributed by atoms with Gasteiger partial charge in [-0.2, -0.15) is 0 Å². The van der Waals surface area contributed by atoms with E-state index in [4.69, 9.17) is 11.6 Å². The van der Waals surface area contributed by atoms with E-state index in [-0.39, 0.29) is 12.0 Å². The number of aromatic nitrogens is 1. The van der Waals surface area contributed by atoms with Gasteiger partial charge in [0.1, 0.15) is 5.15 Å².